The van der Waals surface area contributed by atoms with Crippen LogP contribution < -0.4 is 14.4 Å². The molecular weight excluding hydrogens is 483 g/mol. The van der Waals surface area contributed by atoms with E-state index < -0.39 is 0 Å². The summed E-state index contributed by atoms with van der Waals surface area (Å²) < 4.78 is 30.9. The van der Waals surface area contributed by atoms with Gasteiger partial charge in [-0.25, -0.2) is 4.39 Å². The van der Waals surface area contributed by atoms with Crippen molar-refractivity contribution in [1.82, 2.24) is 4.98 Å². The van der Waals surface area contributed by atoms with Crippen molar-refractivity contribution in [2.24, 2.45) is 5.92 Å². The van der Waals surface area contributed by atoms with Crippen molar-refractivity contribution in [1.29, 1.82) is 0 Å². The first-order chi connectivity index (χ1) is 18.4. The molecule has 1 aliphatic heterocycles. The fourth-order valence-corrected chi connectivity index (χ4v) is 4.45. The largest absolute Gasteiger partial charge is 0.494 e. The Labute approximate surface area is 224 Å². The van der Waals surface area contributed by atoms with E-state index in [2.05, 4.69) is 22.0 Å². The van der Waals surface area contributed by atoms with Crippen LogP contribution in [0, 0.1) is 11.7 Å². The maximum atomic E-state index is 14.0. The zero-order valence-corrected chi connectivity index (χ0v) is 22.5. The smallest absolute Gasteiger partial charge is 0.139 e. The van der Waals surface area contributed by atoms with E-state index in [1.54, 1.807) is 0 Å². The van der Waals surface area contributed by atoms with E-state index in [0.29, 0.717) is 50.9 Å². The van der Waals surface area contributed by atoms with E-state index in [1.807, 2.05) is 51.2 Å². The minimum absolute atomic E-state index is 0.0641. The van der Waals surface area contributed by atoms with Gasteiger partial charge >= 0.3 is 0 Å². The van der Waals surface area contributed by atoms with Crippen molar-refractivity contribution in [2.45, 2.75) is 40.0 Å². The van der Waals surface area contributed by atoms with Crippen LogP contribution in [0.25, 0.3) is 11.1 Å². The SMILES string of the molecule is CCOc1ccc(-c2ccc(CC(=O)CCc3cc(F)cc(OCC(C)C)c3)nc2)c(N2CCOCC2)c1. The zero-order valence-electron chi connectivity index (χ0n) is 22.5. The lowest BCUT2D eigenvalue weighted by Gasteiger charge is -2.31. The van der Waals surface area contributed by atoms with Gasteiger partial charge in [0, 0.05) is 66.8 Å². The van der Waals surface area contributed by atoms with Crippen molar-refractivity contribution < 1.29 is 23.4 Å². The topological polar surface area (TPSA) is 60.9 Å². The Hall–Kier alpha value is -3.45. The Morgan fingerprint density at radius 2 is 1.87 bits per heavy atom. The molecule has 202 valence electrons. The zero-order chi connectivity index (χ0) is 26.9. The Bertz CT molecular complexity index is 1210. The molecule has 0 unspecified atom stereocenters. The van der Waals surface area contributed by atoms with Crippen molar-refractivity contribution in [3.8, 4) is 22.6 Å². The van der Waals surface area contributed by atoms with E-state index in [-0.39, 0.29) is 18.0 Å². The number of Topliss-reactive ketones (excluding diaryl/α,β-unsaturated/α-hetero) is 1. The summed E-state index contributed by atoms with van der Waals surface area (Å²) in [7, 11) is 0. The molecule has 7 heteroatoms. The lowest BCUT2D eigenvalue weighted by atomic mass is 10.0. The number of halogens is 1. The summed E-state index contributed by atoms with van der Waals surface area (Å²) in [6, 6.07) is 14.7. The first kappa shape index (κ1) is 27.6. The molecule has 0 aliphatic carbocycles. The minimum atomic E-state index is -0.350. The molecule has 0 radical (unpaired) electrons. The summed E-state index contributed by atoms with van der Waals surface area (Å²) >= 11 is 0. The van der Waals surface area contributed by atoms with E-state index in [4.69, 9.17) is 14.2 Å². The van der Waals surface area contributed by atoms with Crippen LogP contribution in [0.3, 0.4) is 0 Å². The number of ketones is 1. The maximum absolute atomic E-state index is 14.0. The predicted octanol–water partition coefficient (Wildman–Crippen LogP) is 5.90. The number of anilines is 1. The van der Waals surface area contributed by atoms with Gasteiger partial charge in [0.05, 0.1) is 26.4 Å². The Morgan fingerprint density at radius 1 is 1.05 bits per heavy atom. The molecule has 0 bridgehead atoms. The average molecular weight is 521 g/mol. The molecule has 2 heterocycles. The number of pyridine rings is 1. The van der Waals surface area contributed by atoms with E-state index >= 15 is 0 Å². The molecule has 0 saturated carbocycles. The molecule has 1 aliphatic rings. The van der Waals surface area contributed by atoms with Gasteiger partial charge in [0.25, 0.3) is 0 Å². The molecule has 0 amide bonds. The fourth-order valence-electron chi connectivity index (χ4n) is 4.45. The number of morpholine rings is 1. The van der Waals surface area contributed by atoms with Crippen LogP contribution in [0.5, 0.6) is 11.5 Å². The lowest BCUT2D eigenvalue weighted by Crippen LogP contribution is -2.36. The summed E-state index contributed by atoms with van der Waals surface area (Å²) in [6.45, 7) is 10.2. The van der Waals surface area contributed by atoms with Crippen LogP contribution in [0.15, 0.2) is 54.7 Å². The van der Waals surface area contributed by atoms with Crippen molar-refractivity contribution in [2.75, 3.05) is 44.4 Å². The summed E-state index contributed by atoms with van der Waals surface area (Å²) in [5, 5.41) is 0. The minimum Gasteiger partial charge on any atom is -0.494 e. The van der Waals surface area contributed by atoms with Gasteiger partial charge < -0.3 is 19.1 Å². The number of rotatable bonds is 12. The first-order valence-corrected chi connectivity index (χ1v) is 13.4. The van der Waals surface area contributed by atoms with E-state index in [1.165, 1.54) is 12.1 Å². The number of aryl methyl sites for hydroxylation is 1. The van der Waals surface area contributed by atoms with Crippen LogP contribution >= 0.6 is 0 Å². The summed E-state index contributed by atoms with van der Waals surface area (Å²) in [5.74, 6) is 1.41. The van der Waals surface area contributed by atoms with E-state index in [0.717, 1.165) is 46.9 Å². The number of hydrogen-bond acceptors (Lipinski definition) is 6. The molecule has 2 aromatic carbocycles. The standard InChI is InChI=1S/C31H37FN2O4/c1-4-37-28-9-10-30(31(19-28)34-11-13-36-14-12-34)24-6-7-26(33-20-24)18-27(35)8-5-23-15-25(32)17-29(16-23)38-21-22(2)3/h6-7,9-10,15-17,19-20,22H,4-5,8,11-14,18,21H2,1-3H3. The van der Waals surface area contributed by atoms with Crippen LogP contribution in [0.4, 0.5) is 10.1 Å². The molecule has 4 rings (SSSR count). The van der Waals surface area contributed by atoms with Crippen LogP contribution in [-0.4, -0.2) is 50.3 Å². The molecule has 0 N–H and O–H groups in total. The van der Waals surface area contributed by atoms with Gasteiger partial charge in [0.1, 0.15) is 23.1 Å². The highest BCUT2D eigenvalue weighted by atomic mass is 19.1. The molecule has 38 heavy (non-hydrogen) atoms. The van der Waals surface area contributed by atoms with Crippen molar-refractivity contribution >= 4 is 11.5 Å². The van der Waals surface area contributed by atoms with Crippen molar-refractivity contribution in [3.05, 3.63) is 71.8 Å². The third-order valence-corrected chi connectivity index (χ3v) is 6.35. The summed E-state index contributed by atoms with van der Waals surface area (Å²) in [5.41, 5.74) is 4.63. The third-order valence-electron chi connectivity index (χ3n) is 6.35. The summed E-state index contributed by atoms with van der Waals surface area (Å²) in [6.07, 6.45) is 2.84. The normalized spacial score (nSPS) is 13.6. The highest BCUT2D eigenvalue weighted by Crippen LogP contribution is 2.34. The van der Waals surface area contributed by atoms with E-state index in [9.17, 15) is 9.18 Å². The molecular formula is C31H37FN2O4. The number of benzene rings is 2. The molecule has 1 aromatic heterocycles. The van der Waals surface area contributed by atoms with Crippen molar-refractivity contribution in [3.63, 3.8) is 0 Å². The second-order valence-corrected chi connectivity index (χ2v) is 9.97. The number of hydrogen-bond donors (Lipinski definition) is 0. The van der Waals surface area contributed by atoms with Gasteiger partial charge in [0.2, 0.25) is 0 Å². The Kier molecular flexibility index (Phi) is 9.71. The van der Waals surface area contributed by atoms with Crippen LogP contribution in [-0.2, 0) is 22.4 Å². The van der Waals surface area contributed by atoms with Gasteiger partial charge in [-0.05, 0) is 55.2 Å². The Morgan fingerprint density at radius 3 is 2.58 bits per heavy atom. The second kappa shape index (κ2) is 13.4. The predicted molar refractivity (Wildman–Crippen MR) is 148 cm³/mol. The highest BCUT2D eigenvalue weighted by Gasteiger charge is 2.17. The number of ether oxygens (including phenoxy) is 3. The molecule has 0 atom stereocenters. The molecule has 3 aromatic rings. The lowest BCUT2D eigenvalue weighted by molar-refractivity contribution is -0.118. The van der Waals surface area contributed by atoms with Gasteiger partial charge in [-0.1, -0.05) is 19.9 Å². The number of nitrogens with zero attached hydrogens (tertiary/aromatic N) is 2. The average Bonchev–Trinajstić information content (AvgIpc) is 2.92. The maximum Gasteiger partial charge on any atom is 0.139 e. The molecule has 6 nitrogen and oxygen atoms in total. The van der Waals surface area contributed by atoms with Crippen LogP contribution in [0.2, 0.25) is 0 Å². The molecule has 1 saturated heterocycles. The van der Waals surface area contributed by atoms with Gasteiger partial charge in [-0.2, -0.15) is 0 Å². The third kappa shape index (κ3) is 7.78. The summed E-state index contributed by atoms with van der Waals surface area (Å²) in [4.78, 5) is 19.6. The fraction of sp³-hybridized carbons (Fsp3) is 0.419. The highest BCUT2D eigenvalue weighted by molar-refractivity contribution is 5.82. The van der Waals surface area contributed by atoms with Gasteiger partial charge in [-0.15, -0.1) is 0 Å². The first-order valence-electron chi connectivity index (χ1n) is 13.4. The van der Waals surface area contributed by atoms with Gasteiger partial charge in [-0.3, -0.25) is 9.78 Å². The number of aromatic nitrogens is 1. The molecule has 0 spiro atoms. The molecule has 1 fully saturated rings. The van der Waals surface area contributed by atoms with Gasteiger partial charge in [0.15, 0.2) is 0 Å². The quantitative estimate of drug-likeness (QED) is 0.296. The number of carbonyl (C=O) groups excluding carboxylic acids is 1. The van der Waals surface area contributed by atoms with Crippen LogP contribution in [0.1, 0.15) is 38.4 Å². The second-order valence-electron chi connectivity index (χ2n) is 9.97. The number of carbonyl (C=O) groups is 1. The monoisotopic (exact) mass is 520 g/mol. The Balaban J connectivity index is 1.40.